The summed E-state index contributed by atoms with van der Waals surface area (Å²) in [6.45, 7) is 0. The molecule has 126 valence electrons. The number of rotatable bonds is 6. The molecule has 0 atom stereocenters. The summed E-state index contributed by atoms with van der Waals surface area (Å²) >= 11 is 0. The monoisotopic (exact) mass is 379 g/mol. The van der Waals surface area contributed by atoms with Crippen molar-refractivity contribution in [3.05, 3.63) is 70.8 Å². The van der Waals surface area contributed by atoms with Crippen molar-refractivity contribution >= 4 is 34.6 Å². The topological polar surface area (TPSA) is 134 Å². The van der Waals surface area contributed by atoms with Crippen molar-refractivity contribution in [1.82, 2.24) is 0 Å². The van der Waals surface area contributed by atoms with Crippen LogP contribution in [0.3, 0.4) is 0 Å². The van der Waals surface area contributed by atoms with Gasteiger partial charge in [0.25, 0.3) is 5.69 Å². The molecule has 0 aromatic heterocycles. The van der Waals surface area contributed by atoms with Crippen LogP contribution in [0.1, 0.15) is 0 Å². The third-order valence-electron chi connectivity index (χ3n) is 2.85. The zero-order valence-electron chi connectivity index (χ0n) is 13.7. The molecule has 10 heteroatoms. The first-order chi connectivity index (χ1) is 11.9. The molecule has 0 spiro atoms. The third kappa shape index (κ3) is 7.33. The Kier molecular flexibility index (Phi) is 8.96. The average Bonchev–Trinajstić information content (AvgIpc) is 2.60. The summed E-state index contributed by atoms with van der Waals surface area (Å²) in [5.74, 6) is -1.78. The molecule has 0 bridgehead atoms. The molecule has 0 saturated heterocycles. The molecule has 0 heterocycles. The molecule has 0 radical (unpaired) electrons. The van der Waals surface area contributed by atoms with Crippen LogP contribution in [0.5, 0.6) is 0 Å². The Hall–Kier alpha value is -2.24. The number of nitrogens with zero attached hydrogens (tertiary/aromatic N) is 3. The summed E-state index contributed by atoms with van der Waals surface area (Å²) in [5, 5.41) is 29.4. The maximum atomic E-state index is 11.4. The zero-order valence-corrected chi connectivity index (χ0v) is 16.8. The van der Waals surface area contributed by atoms with E-state index in [0.29, 0.717) is 17.1 Å². The summed E-state index contributed by atoms with van der Waals surface area (Å²) in [6, 6.07) is 12.0. The van der Waals surface area contributed by atoms with Crippen LogP contribution in [0.2, 0.25) is 0 Å². The van der Waals surface area contributed by atoms with Crippen LogP contribution in [0, 0.1) is 10.1 Å². The second-order valence-electron chi connectivity index (χ2n) is 4.68. The fraction of sp³-hybridized carbons (Fsp3) is 0. The van der Waals surface area contributed by atoms with Gasteiger partial charge in [-0.15, -0.1) is 0 Å². The molecule has 0 fully saturated rings. The van der Waals surface area contributed by atoms with E-state index < -0.39 is 16.8 Å². The number of carbonyl (C=O) groups excluding carboxylic acids is 1. The van der Waals surface area contributed by atoms with Crippen LogP contribution < -0.4 is 56.7 Å². The maximum Gasteiger partial charge on any atom is 1.00 e. The van der Waals surface area contributed by atoms with Gasteiger partial charge in [-0.05, 0) is 36.4 Å². The fourth-order valence-corrected chi connectivity index (χ4v) is 1.70. The Morgan fingerprint density at radius 2 is 1.46 bits per heavy atom. The summed E-state index contributed by atoms with van der Waals surface area (Å²) in [5.41, 5.74) is 1.41. The van der Waals surface area contributed by atoms with Gasteiger partial charge in [-0.1, -0.05) is 0 Å². The predicted octanol–water partition coefficient (Wildman–Crippen LogP) is 0.593. The van der Waals surface area contributed by atoms with Crippen molar-refractivity contribution in [3.8, 4) is 0 Å². The van der Waals surface area contributed by atoms with Gasteiger partial charge in [-0.25, -0.2) is 4.79 Å². The van der Waals surface area contributed by atoms with Crippen molar-refractivity contribution < 1.29 is 71.0 Å². The Bertz CT molecular complexity index is 848. The number of hydrogen-bond acceptors (Lipinski definition) is 6. The van der Waals surface area contributed by atoms with Gasteiger partial charge in [0.2, 0.25) is 5.91 Å². The number of carboxylic acid groups (broad SMARTS) is 1. The van der Waals surface area contributed by atoms with Crippen molar-refractivity contribution in [3.63, 3.8) is 0 Å². The second kappa shape index (κ2) is 10.7. The minimum absolute atomic E-state index is 0. The molecular formula is C16H12KN4O5+. The number of azo groups is 1. The Labute approximate surface area is 190 Å². The van der Waals surface area contributed by atoms with E-state index in [9.17, 15) is 19.7 Å². The number of benzene rings is 2. The largest absolute Gasteiger partial charge is 1.00 e. The SMILES string of the molecule is O=C(O)/C=C\C(=O)Nc1ccc(N=Nc2ccc([N+](=O)[O-])cc2)cc1.[K+]. The molecule has 26 heavy (non-hydrogen) atoms. The van der Waals surface area contributed by atoms with Gasteiger partial charge >= 0.3 is 57.4 Å². The summed E-state index contributed by atoms with van der Waals surface area (Å²) in [6.07, 6.45) is 1.65. The standard InChI is InChI=1S/C16H12N4O5.K/c21-15(9-10-16(22)23)17-11-1-3-12(4-2-11)18-19-13-5-7-14(8-6-13)20(24)25;/h1-10H,(H,17,21)(H,22,23);/q;+1/b10-9-,19-18?;. The Morgan fingerprint density at radius 3 is 1.92 bits per heavy atom. The normalized spacial score (nSPS) is 10.5. The average molecular weight is 379 g/mol. The maximum absolute atomic E-state index is 11.4. The molecule has 0 aliphatic rings. The molecule has 2 rings (SSSR count). The number of non-ortho nitro benzene ring substituents is 1. The predicted molar refractivity (Wildman–Crippen MR) is 89.1 cm³/mol. The van der Waals surface area contributed by atoms with Gasteiger partial charge in [0.15, 0.2) is 0 Å². The van der Waals surface area contributed by atoms with Crippen LogP contribution >= 0.6 is 0 Å². The number of hydrogen-bond donors (Lipinski definition) is 2. The van der Waals surface area contributed by atoms with Gasteiger partial charge in [0, 0.05) is 30.0 Å². The smallest absolute Gasteiger partial charge is 0.478 e. The number of nitro groups is 1. The molecule has 2 N–H and O–H groups in total. The van der Waals surface area contributed by atoms with Crippen molar-refractivity contribution in [2.45, 2.75) is 0 Å². The summed E-state index contributed by atoms with van der Waals surface area (Å²) in [7, 11) is 0. The first-order valence-electron chi connectivity index (χ1n) is 6.92. The van der Waals surface area contributed by atoms with Gasteiger partial charge in [0.1, 0.15) is 0 Å². The van der Waals surface area contributed by atoms with E-state index in [1.54, 1.807) is 24.3 Å². The number of nitrogens with one attached hydrogen (secondary N) is 1. The number of carboxylic acids is 1. The van der Waals surface area contributed by atoms with E-state index in [1.807, 2.05) is 0 Å². The fourth-order valence-electron chi connectivity index (χ4n) is 1.70. The molecule has 2 aromatic rings. The van der Waals surface area contributed by atoms with Crippen LogP contribution in [-0.4, -0.2) is 21.9 Å². The molecule has 0 unspecified atom stereocenters. The van der Waals surface area contributed by atoms with E-state index in [4.69, 9.17) is 5.11 Å². The van der Waals surface area contributed by atoms with Crippen molar-refractivity contribution in [2.75, 3.05) is 5.32 Å². The number of carbonyl (C=O) groups is 2. The van der Waals surface area contributed by atoms with Crippen molar-refractivity contribution in [2.24, 2.45) is 10.2 Å². The first-order valence-corrected chi connectivity index (χ1v) is 6.92. The van der Waals surface area contributed by atoms with Gasteiger partial charge in [0.05, 0.1) is 16.3 Å². The van der Waals surface area contributed by atoms with Crippen molar-refractivity contribution in [1.29, 1.82) is 0 Å². The minimum Gasteiger partial charge on any atom is -0.478 e. The van der Waals surface area contributed by atoms with Crippen LogP contribution in [-0.2, 0) is 9.59 Å². The molecule has 1 amide bonds. The van der Waals surface area contributed by atoms with Crippen LogP contribution in [0.4, 0.5) is 22.7 Å². The molecular weight excluding hydrogens is 367 g/mol. The number of amides is 1. The van der Waals surface area contributed by atoms with E-state index in [0.717, 1.165) is 12.2 Å². The first kappa shape index (κ1) is 21.8. The van der Waals surface area contributed by atoms with E-state index in [2.05, 4.69) is 15.5 Å². The summed E-state index contributed by atoms with van der Waals surface area (Å²) in [4.78, 5) is 31.8. The van der Waals surface area contributed by atoms with Gasteiger partial charge < -0.3 is 10.4 Å². The quantitative estimate of drug-likeness (QED) is 0.249. The number of anilines is 1. The second-order valence-corrected chi connectivity index (χ2v) is 4.68. The number of nitro benzene ring substituents is 1. The van der Waals surface area contributed by atoms with E-state index >= 15 is 0 Å². The van der Waals surface area contributed by atoms with E-state index in [-0.39, 0.29) is 57.1 Å². The Morgan fingerprint density at radius 1 is 0.962 bits per heavy atom. The van der Waals surface area contributed by atoms with Crippen LogP contribution in [0.25, 0.3) is 0 Å². The minimum atomic E-state index is -1.21. The molecule has 0 aliphatic carbocycles. The molecule has 0 aliphatic heterocycles. The molecule has 9 nitrogen and oxygen atoms in total. The zero-order chi connectivity index (χ0) is 18.2. The van der Waals surface area contributed by atoms with E-state index in [1.165, 1.54) is 24.3 Å². The van der Waals surface area contributed by atoms with Gasteiger partial charge in [-0.3, -0.25) is 14.9 Å². The Balaban J connectivity index is 0.00000338. The number of aliphatic carboxylic acids is 1. The molecule has 2 aromatic carbocycles. The molecule has 0 saturated carbocycles. The van der Waals surface area contributed by atoms with Gasteiger partial charge in [-0.2, -0.15) is 10.2 Å². The van der Waals surface area contributed by atoms with Crippen LogP contribution in [0.15, 0.2) is 70.9 Å². The summed E-state index contributed by atoms with van der Waals surface area (Å²) < 4.78 is 0. The third-order valence-corrected chi connectivity index (χ3v) is 2.85.